The van der Waals surface area contributed by atoms with Crippen molar-refractivity contribution in [1.29, 1.82) is 0 Å². The van der Waals surface area contributed by atoms with Gasteiger partial charge < -0.3 is 0 Å². The fraction of sp³-hybridized carbons (Fsp3) is 0.364. The van der Waals surface area contributed by atoms with Crippen molar-refractivity contribution in [2.45, 2.75) is 26.2 Å². The molecule has 0 aliphatic heterocycles. The second kappa shape index (κ2) is 4.77. The SMILES string of the molecule is CC(C)(C)c1ccc(N=CNO)c(Br)c1. The number of hydrogen-bond acceptors (Lipinski definition) is 2. The van der Waals surface area contributed by atoms with Gasteiger partial charge in [0, 0.05) is 4.47 Å². The van der Waals surface area contributed by atoms with Crippen LogP contribution >= 0.6 is 15.9 Å². The highest BCUT2D eigenvalue weighted by atomic mass is 79.9. The number of benzene rings is 1. The number of aliphatic imine (C=N–C) groups is 1. The van der Waals surface area contributed by atoms with Crippen LogP contribution in [0.25, 0.3) is 0 Å². The summed E-state index contributed by atoms with van der Waals surface area (Å²) in [5.41, 5.74) is 4.02. The summed E-state index contributed by atoms with van der Waals surface area (Å²) in [6.07, 6.45) is 1.23. The lowest BCUT2D eigenvalue weighted by atomic mass is 9.87. The van der Waals surface area contributed by atoms with E-state index in [0.29, 0.717) is 0 Å². The zero-order valence-corrected chi connectivity index (χ0v) is 10.7. The van der Waals surface area contributed by atoms with Gasteiger partial charge in [0.05, 0.1) is 5.69 Å². The molecule has 0 radical (unpaired) electrons. The van der Waals surface area contributed by atoms with Crippen molar-refractivity contribution in [2.75, 3.05) is 0 Å². The standard InChI is InChI=1S/C11H15BrN2O/c1-11(2,3)8-4-5-10(9(12)6-8)13-7-14-15/h4-7,15H,1-3H3,(H,13,14). The van der Waals surface area contributed by atoms with Crippen molar-refractivity contribution in [1.82, 2.24) is 5.48 Å². The van der Waals surface area contributed by atoms with E-state index >= 15 is 0 Å². The largest absolute Gasteiger partial charge is 0.290 e. The van der Waals surface area contributed by atoms with Gasteiger partial charge in [-0.25, -0.2) is 4.99 Å². The minimum atomic E-state index is 0.125. The summed E-state index contributed by atoms with van der Waals surface area (Å²) in [6, 6.07) is 6.00. The highest BCUT2D eigenvalue weighted by Gasteiger charge is 2.14. The number of nitrogens with one attached hydrogen (secondary N) is 1. The molecule has 0 aromatic heterocycles. The number of nitrogens with zero attached hydrogens (tertiary/aromatic N) is 1. The third kappa shape index (κ3) is 3.32. The maximum Gasteiger partial charge on any atom is 0.113 e. The minimum absolute atomic E-state index is 0.125. The first kappa shape index (κ1) is 12.2. The molecule has 0 bridgehead atoms. The molecule has 0 fully saturated rings. The molecule has 0 saturated carbocycles. The van der Waals surface area contributed by atoms with Crippen LogP contribution in [0.3, 0.4) is 0 Å². The summed E-state index contributed by atoms with van der Waals surface area (Å²) >= 11 is 3.45. The molecule has 4 heteroatoms. The zero-order chi connectivity index (χ0) is 11.5. The fourth-order valence-corrected chi connectivity index (χ4v) is 1.66. The van der Waals surface area contributed by atoms with Crippen molar-refractivity contribution >= 4 is 28.0 Å². The monoisotopic (exact) mass is 270 g/mol. The molecule has 15 heavy (non-hydrogen) atoms. The summed E-state index contributed by atoms with van der Waals surface area (Å²) in [6.45, 7) is 6.48. The second-order valence-electron chi connectivity index (χ2n) is 4.30. The smallest absolute Gasteiger partial charge is 0.113 e. The molecule has 0 spiro atoms. The van der Waals surface area contributed by atoms with Gasteiger partial charge in [0.2, 0.25) is 0 Å². The first-order chi connectivity index (χ1) is 6.95. The Kier molecular flexibility index (Phi) is 3.88. The molecule has 3 nitrogen and oxygen atoms in total. The van der Waals surface area contributed by atoms with Gasteiger partial charge in [-0.15, -0.1) is 0 Å². The van der Waals surface area contributed by atoms with E-state index in [0.717, 1.165) is 10.2 Å². The van der Waals surface area contributed by atoms with Crippen LogP contribution in [0, 0.1) is 0 Å². The van der Waals surface area contributed by atoms with E-state index in [9.17, 15) is 0 Å². The Balaban J connectivity index is 3.04. The lowest BCUT2D eigenvalue weighted by Gasteiger charge is -2.19. The molecule has 0 saturated heterocycles. The number of hydroxylamine groups is 1. The van der Waals surface area contributed by atoms with Crippen molar-refractivity contribution in [3.63, 3.8) is 0 Å². The average Bonchev–Trinajstić information content (AvgIpc) is 2.14. The summed E-state index contributed by atoms with van der Waals surface area (Å²) < 4.78 is 0.918. The van der Waals surface area contributed by atoms with Crippen LogP contribution in [0.2, 0.25) is 0 Å². The van der Waals surface area contributed by atoms with Crippen LogP contribution in [0.15, 0.2) is 27.7 Å². The molecule has 2 N–H and O–H groups in total. The van der Waals surface area contributed by atoms with Crippen molar-refractivity contribution < 1.29 is 5.21 Å². The second-order valence-corrected chi connectivity index (χ2v) is 5.16. The van der Waals surface area contributed by atoms with Crippen molar-refractivity contribution in [3.05, 3.63) is 28.2 Å². The molecule has 1 aromatic carbocycles. The quantitative estimate of drug-likeness (QED) is 0.492. The Morgan fingerprint density at radius 3 is 2.53 bits per heavy atom. The van der Waals surface area contributed by atoms with Crippen LogP contribution in [-0.2, 0) is 5.41 Å². The van der Waals surface area contributed by atoms with Gasteiger partial charge in [-0.1, -0.05) is 26.8 Å². The molecule has 0 aliphatic carbocycles. The van der Waals surface area contributed by atoms with Gasteiger partial charge in [0.25, 0.3) is 0 Å². The van der Waals surface area contributed by atoms with Gasteiger partial charge in [-0.05, 0) is 39.0 Å². The molecule has 0 aliphatic rings. The molecule has 0 heterocycles. The summed E-state index contributed by atoms with van der Waals surface area (Å²) in [5.74, 6) is 0. The Labute approximate surface area is 98.3 Å². The van der Waals surface area contributed by atoms with Crippen molar-refractivity contribution in [3.8, 4) is 0 Å². The van der Waals surface area contributed by atoms with E-state index in [1.807, 2.05) is 23.7 Å². The molecule has 0 unspecified atom stereocenters. The predicted octanol–water partition coefficient (Wildman–Crippen LogP) is 3.39. The molecular formula is C11H15BrN2O. The molecule has 1 aromatic rings. The van der Waals surface area contributed by atoms with Crippen LogP contribution < -0.4 is 5.48 Å². The summed E-state index contributed by atoms with van der Waals surface area (Å²) in [7, 11) is 0. The average molecular weight is 271 g/mol. The first-order valence-corrected chi connectivity index (χ1v) is 5.46. The lowest BCUT2D eigenvalue weighted by molar-refractivity contribution is 0.240. The van der Waals surface area contributed by atoms with Crippen LogP contribution in [0.5, 0.6) is 0 Å². The van der Waals surface area contributed by atoms with E-state index in [1.165, 1.54) is 11.9 Å². The Morgan fingerprint density at radius 2 is 2.07 bits per heavy atom. The zero-order valence-electron chi connectivity index (χ0n) is 9.08. The van der Waals surface area contributed by atoms with E-state index in [2.05, 4.69) is 41.7 Å². The number of hydrogen-bond donors (Lipinski definition) is 2. The topological polar surface area (TPSA) is 44.6 Å². The Hall–Kier alpha value is -0.870. The number of halogens is 1. The Morgan fingerprint density at radius 1 is 1.40 bits per heavy atom. The van der Waals surface area contributed by atoms with Gasteiger partial charge >= 0.3 is 0 Å². The third-order valence-corrected chi connectivity index (χ3v) is 2.71. The normalized spacial score (nSPS) is 12.1. The maximum absolute atomic E-state index is 8.39. The van der Waals surface area contributed by atoms with Gasteiger partial charge in [-0.3, -0.25) is 10.7 Å². The molecule has 82 valence electrons. The van der Waals surface area contributed by atoms with E-state index in [-0.39, 0.29) is 5.41 Å². The first-order valence-electron chi connectivity index (χ1n) is 4.67. The summed E-state index contributed by atoms with van der Waals surface area (Å²) in [5, 5.41) is 8.39. The fourth-order valence-electron chi connectivity index (χ4n) is 1.18. The molecule has 1 rings (SSSR count). The van der Waals surface area contributed by atoms with E-state index in [4.69, 9.17) is 5.21 Å². The van der Waals surface area contributed by atoms with Crippen LogP contribution in [-0.4, -0.2) is 11.5 Å². The summed E-state index contributed by atoms with van der Waals surface area (Å²) in [4.78, 5) is 4.01. The lowest BCUT2D eigenvalue weighted by Crippen LogP contribution is -2.10. The third-order valence-electron chi connectivity index (χ3n) is 2.08. The highest BCUT2D eigenvalue weighted by Crippen LogP contribution is 2.31. The predicted molar refractivity (Wildman–Crippen MR) is 65.9 cm³/mol. The van der Waals surface area contributed by atoms with Crippen LogP contribution in [0.1, 0.15) is 26.3 Å². The van der Waals surface area contributed by atoms with Gasteiger partial charge in [-0.2, -0.15) is 0 Å². The van der Waals surface area contributed by atoms with Crippen LogP contribution in [0.4, 0.5) is 5.69 Å². The van der Waals surface area contributed by atoms with Gasteiger partial charge in [0.1, 0.15) is 6.34 Å². The minimum Gasteiger partial charge on any atom is -0.290 e. The molecule has 0 amide bonds. The maximum atomic E-state index is 8.39. The highest BCUT2D eigenvalue weighted by molar-refractivity contribution is 9.10. The van der Waals surface area contributed by atoms with Gasteiger partial charge in [0.15, 0.2) is 0 Å². The van der Waals surface area contributed by atoms with Crippen molar-refractivity contribution in [2.24, 2.45) is 4.99 Å². The Bertz CT molecular complexity index is 369. The number of rotatable bonds is 2. The van der Waals surface area contributed by atoms with E-state index < -0.39 is 0 Å². The molecule has 0 atom stereocenters. The van der Waals surface area contributed by atoms with E-state index in [1.54, 1.807) is 0 Å². The molecular weight excluding hydrogens is 256 g/mol.